The summed E-state index contributed by atoms with van der Waals surface area (Å²) in [5.41, 5.74) is 0. The highest BCUT2D eigenvalue weighted by molar-refractivity contribution is 4.58. The molecule has 0 aliphatic rings. The molecule has 0 saturated carbocycles. The summed E-state index contributed by atoms with van der Waals surface area (Å²) in [7, 11) is 0. The number of aliphatic hydroxyl groups excluding tert-OH is 1. The summed E-state index contributed by atoms with van der Waals surface area (Å²) < 4.78 is 10.8. The molecule has 0 aliphatic heterocycles. The van der Waals surface area contributed by atoms with E-state index in [9.17, 15) is 5.11 Å². The van der Waals surface area contributed by atoms with Crippen LogP contribution in [0.1, 0.15) is 52.4 Å². The van der Waals surface area contributed by atoms with Crippen molar-refractivity contribution in [2.75, 3.05) is 39.5 Å². The topological polar surface area (TPSA) is 50.7 Å². The van der Waals surface area contributed by atoms with Crippen molar-refractivity contribution >= 4 is 0 Å². The van der Waals surface area contributed by atoms with E-state index < -0.39 is 6.10 Å². The van der Waals surface area contributed by atoms with Gasteiger partial charge in [0.2, 0.25) is 0 Å². The Kier molecular flexibility index (Phi) is 15.8. The molecule has 0 aromatic heterocycles. The first kappa shape index (κ1) is 18.8. The maximum absolute atomic E-state index is 9.67. The maximum Gasteiger partial charge on any atom is 0.0897 e. The van der Waals surface area contributed by atoms with Gasteiger partial charge in [0, 0.05) is 26.4 Å². The molecule has 1 atom stereocenters. The molecule has 4 heteroatoms. The Labute approximate surface area is 118 Å². The number of ether oxygens (including phenoxy) is 2. The molecule has 1 unspecified atom stereocenters. The SMILES string of the molecule is CCCCCCOCC(O)CNCCCOCCC. The fourth-order valence-corrected chi connectivity index (χ4v) is 1.72. The summed E-state index contributed by atoms with van der Waals surface area (Å²) >= 11 is 0. The van der Waals surface area contributed by atoms with Crippen LogP contribution >= 0.6 is 0 Å². The van der Waals surface area contributed by atoms with Crippen LogP contribution in [0.4, 0.5) is 0 Å². The Hall–Kier alpha value is -0.160. The molecule has 0 bridgehead atoms. The number of unbranched alkanes of at least 4 members (excludes halogenated alkanes) is 3. The lowest BCUT2D eigenvalue weighted by molar-refractivity contribution is 0.0351. The van der Waals surface area contributed by atoms with E-state index in [2.05, 4.69) is 19.2 Å². The second-order valence-corrected chi connectivity index (χ2v) is 4.96. The van der Waals surface area contributed by atoms with Crippen molar-refractivity contribution in [1.29, 1.82) is 0 Å². The van der Waals surface area contributed by atoms with Crippen molar-refractivity contribution in [2.24, 2.45) is 0 Å². The number of aliphatic hydroxyl groups is 1. The lowest BCUT2D eigenvalue weighted by Gasteiger charge is -2.12. The Balaban J connectivity index is 3.10. The average molecular weight is 275 g/mol. The fourth-order valence-electron chi connectivity index (χ4n) is 1.72. The largest absolute Gasteiger partial charge is 0.389 e. The van der Waals surface area contributed by atoms with E-state index >= 15 is 0 Å². The highest BCUT2D eigenvalue weighted by Crippen LogP contribution is 1.99. The second-order valence-electron chi connectivity index (χ2n) is 4.96. The van der Waals surface area contributed by atoms with Gasteiger partial charge in [0.05, 0.1) is 12.7 Å². The standard InChI is InChI=1S/C15H33NO3/c1-3-5-6-7-11-19-14-15(17)13-16-9-8-12-18-10-4-2/h15-17H,3-14H2,1-2H3. The van der Waals surface area contributed by atoms with Gasteiger partial charge in [-0.15, -0.1) is 0 Å². The van der Waals surface area contributed by atoms with E-state index in [1.807, 2.05) is 0 Å². The second kappa shape index (κ2) is 15.9. The van der Waals surface area contributed by atoms with Crippen LogP contribution in [0.25, 0.3) is 0 Å². The van der Waals surface area contributed by atoms with Crippen LogP contribution in [-0.2, 0) is 9.47 Å². The molecule has 0 aliphatic carbocycles. The van der Waals surface area contributed by atoms with Crippen molar-refractivity contribution in [3.8, 4) is 0 Å². The molecule has 4 nitrogen and oxygen atoms in total. The van der Waals surface area contributed by atoms with Crippen LogP contribution in [0, 0.1) is 0 Å². The number of hydrogen-bond acceptors (Lipinski definition) is 4. The van der Waals surface area contributed by atoms with E-state index in [4.69, 9.17) is 9.47 Å². The number of nitrogens with one attached hydrogen (secondary N) is 1. The lowest BCUT2D eigenvalue weighted by atomic mass is 10.2. The molecule has 0 heterocycles. The first-order chi connectivity index (χ1) is 9.31. The van der Waals surface area contributed by atoms with Crippen molar-refractivity contribution in [1.82, 2.24) is 5.32 Å². The highest BCUT2D eigenvalue weighted by atomic mass is 16.5. The minimum absolute atomic E-state index is 0.400. The average Bonchev–Trinajstić information content (AvgIpc) is 2.41. The van der Waals surface area contributed by atoms with Crippen LogP contribution in [-0.4, -0.2) is 50.7 Å². The van der Waals surface area contributed by atoms with Gasteiger partial charge in [-0.3, -0.25) is 0 Å². The zero-order valence-corrected chi connectivity index (χ0v) is 12.8. The van der Waals surface area contributed by atoms with Crippen LogP contribution in [0.3, 0.4) is 0 Å². The molecule has 0 aromatic carbocycles. The molecule has 0 fully saturated rings. The Morgan fingerprint density at radius 2 is 1.68 bits per heavy atom. The van der Waals surface area contributed by atoms with Crippen molar-refractivity contribution in [3.63, 3.8) is 0 Å². The van der Waals surface area contributed by atoms with E-state index in [1.54, 1.807) is 0 Å². The minimum Gasteiger partial charge on any atom is -0.389 e. The van der Waals surface area contributed by atoms with Crippen LogP contribution in [0.15, 0.2) is 0 Å². The van der Waals surface area contributed by atoms with Gasteiger partial charge in [-0.25, -0.2) is 0 Å². The normalized spacial score (nSPS) is 12.8. The minimum atomic E-state index is -0.400. The summed E-state index contributed by atoms with van der Waals surface area (Å²) in [4.78, 5) is 0. The number of hydrogen-bond donors (Lipinski definition) is 2. The quantitative estimate of drug-likeness (QED) is 0.450. The Morgan fingerprint density at radius 1 is 0.895 bits per heavy atom. The van der Waals surface area contributed by atoms with E-state index in [-0.39, 0.29) is 0 Å². The predicted molar refractivity (Wildman–Crippen MR) is 79.6 cm³/mol. The van der Waals surface area contributed by atoms with Gasteiger partial charge in [0.1, 0.15) is 0 Å². The van der Waals surface area contributed by atoms with Crippen LogP contribution in [0.2, 0.25) is 0 Å². The first-order valence-electron chi connectivity index (χ1n) is 7.85. The van der Waals surface area contributed by atoms with Crippen molar-refractivity contribution < 1.29 is 14.6 Å². The molecule has 2 N–H and O–H groups in total. The molecule has 0 spiro atoms. The monoisotopic (exact) mass is 275 g/mol. The van der Waals surface area contributed by atoms with E-state index in [0.717, 1.165) is 45.6 Å². The molecule has 19 heavy (non-hydrogen) atoms. The summed E-state index contributed by atoms with van der Waals surface area (Å²) in [6.45, 7) is 8.63. The summed E-state index contributed by atoms with van der Waals surface area (Å²) in [5, 5.41) is 12.9. The van der Waals surface area contributed by atoms with Gasteiger partial charge in [-0.05, 0) is 25.8 Å². The number of rotatable bonds is 15. The van der Waals surface area contributed by atoms with Gasteiger partial charge in [-0.1, -0.05) is 33.1 Å². The maximum atomic E-state index is 9.67. The van der Waals surface area contributed by atoms with Crippen molar-refractivity contribution in [2.45, 2.75) is 58.5 Å². The summed E-state index contributed by atoms with van der Waals surface area (Å²) in [5.74, 6) is 0. The van der Waals surface area contributed by atoms with Gasteiger partial charge < -0.3 is 19.9 Å². The molecule has 116 valence electrons. The van der Waals surface area contributed by atoms with Gasteiger partial charge in [0.15, 0.2) is 0 Å². The zero-order chi connectivity index (χ0) is 14.2. The fraction of sp³-hybridized carbons (Fsp3) is 1.00. The van der Waals surface area contributed by atoms with Gasteiger partial charge in [-0.2, -0.15) is 0 Å². The first-order valence-corrected chi connectivity index (χ1v) is 7.85. The lowest BCUT2D eigenvalue weighted by Crippen LogP contribution is -2.31. The van der Waals surface area contributed by atoms with Gasteiger partial charge >= 0.3 is 0 Å². The molecular weight excluding hydrogens is 242 g/mol. The molecule has 0 rings (SSSR count). The van der Waals surface area contributed by atoms with Crippen LogP contribution < -0.4 is 5.32 Å². The van der Waals surface area contributed by atoms with Crippen molar-refractivity contribution in [3.05, 3.63) is 0 Å². The predicted octanol–water partition coefficient (Wildman–Crippen LogP) is 2.35. The summed E-state index contributed by atoms with van der Waals surface area (Å²) in [6.07, 6.45) is 6.50. The third-order valence-corrected chi connectivity index (χ3v) is 2.82. The molecule has 0 aromatic rings. The smallest absolute Gasteiger partial charge is 0.0897 e. The molecule has 0 amide bonds. The van der Waals surface area contributed by atoms with Gasteiger partial charge in [0.25, 0.3) is 0 Å². The molecule has 0 saturated heterocycles. The molecular formula is C15H33NO3. The summed E-state index contributed by atoms with van der Waals surface area (Å²) in [6, 6.07) is 0. The molecule has 0 radical (unpaired) electrons. The van der Waals surface area contributed by atoms with E-state index in [1.165, 1.54) is 19.3 Å². The highest BCUT2D eigenvalue weighted by Gasteiger charge is 2.03. The zero-order valence-electron chi connectivity index (χ0n) is 12.8. The van der Waals surface area contributed by atoms with Crippen LogP contribution in [0.5, 0.6) is 0 Å². The third-order valence-electron chi connectivity index (χ3n) is 2.82. The third kappa shape index (κ3) is 15.8. The Morgan fingerprint density at radius 3 is 2.42 bits per heavy atom. The van der Waals surface area contributed by atoms with E-state index in [0.29, 0.717) is 13.2 Å². The Bertz CT molecular complexity index is 167.